The van der Waals surface area contributed by atoms with E-state index in [0.29, 0.717) is 31.0 Å². The van der Waals surface area contributed by atoms with Gasteiger partial charge in [-0.25, -0.2) is 9.59 Å². The molecule has 3 aliphatic rings. The molecule has 8 nitrogen and oxygen atoms in total. The quantitative estimate of drug-likeness (QED) is 0.796. The first-order valence-electron chi connectivity index (χ1n) is 11.2. The van der Waals surface area contributed by atoms with Gasteiger partial charge in [0.15, 0.2) is 0 Å². The lowest BCUT2D eigenvalue weighted by atomic mass is 9.95. The molecule has 3 fully saturated rings. The van der Waals surface area contributed by atoms with Crippen molar-refractivity contribution in [2.75, 3.05) is 18.0 Å². The average molecular weight is 434 g/mol. The molecule has 3 heterocycles. The highest BCUT2D eigenvalue weighted by molar-refractivity contribution is 6.19. The Balaban J connectivity index is 1.40. The maximum atomic E-state index is 13.1. The Morgan fingerprint density at radius 3 is 2.75 bits per heavy atom. The number of aromatic nitrogens is 1. The van der Waals surface area contributed by atoms with Crippen LogP contribution in [0.1, 0.15) is 37.7 Å². The molecule has 5 rings (SSSR count). The molecular weight excluding hydrogens is 406 g/mol. The van der Waals surface area contributed by atoms with E-state index < -0.39 is 5.54 Å². The van der Waals surface area contributed by atoms with Crippen molar-refractivity contribution in [3.8, 4) is 0 Å². The largest absolute Gasteiger partial charge is 0.445 e. The molecule has 1 saturated carbocycles. The van der Waals surface area contributed by atoms with Gasteiger partial charge in [-0.05, 0) is 37.0 Å². The molecule has 1 aliphatic carbocycles. The van der Waals surface area contributed by atoms with Gasteiger partial charge in [0, 0.05) is 12.7 Å². The molecule has 1 unspecified atom stereocenters. The van der Waals surface area contributed by atoms with Gasteiger partial charge in [0.25, 0.3) is 0 Å². The monoisotopic (exact) mass is 433 g/mol. The smallest absolute Gasteiger partial charge is 0.410 e. The number of amidine groups is 1. The van der Waals surface area contributed by atoms with Gasteiger partial charge in [-0.1, -0.05) is 43.2 Å². The number of nitrogens with zero attached hydrogens (tertiary/aromatic N) is 4. The van der Waals surface area contributed by atoms with Crippen LogP contribution in [0.15, 0.2) is 59.9 Å². The van der Waals surface area contributed by atoms with Crippen molar-refractivity contribution in [3.05, 3.63) is 60.4 Å². The number of pyridine rings is 1. The summed E-state index contributed by atoms with van der Waals surface area (Å²) in [6.45, 7) is 1.04. The Hall–Kier alpha value is -3.42. The Morgan fingerprint density at radius 1 is 1.19 bits per heavy atom. The minimum absolute atomic E-state index is 0.218. The number of hydrogen-bond donors (Lipinski definition) is 1. The molecule has 0 radical (unpaired) electrons. The molecule has 0 bridgehead atoms. The summed E-state index contributed by atoms with van der Waals surface area (Å²) in [6.07, 6.45) is 7.95. The maximum Gasteiger partial charge on any atom is 0.410 e. The number of anilines is 1. The molecule has 1 spiro atoms. The molecule has 1 aromatic carbocycles. The third-order valence-electron chi connectivity index (χ3n) is 6.55. The first-order chi connectivity index (χ1) is 15.7. The highest BCUT2D eigenvalue weighted by Gasteiger charge is 2.56. The fourth-order valence-electron chi connectivity index (χ4n) is 4.93. The summed E-state index contributed by atoms with van der Waals surface area (Å²) in [5.41, 5.74) is 0.906. The lowest BCUT2D eigenvalue weighted by Gasteiger charge is -2.33. The van der Waals surface area contributed by atoms with E-state index in [9.17, 15) is 9.59 Å². The van der Waals surface area contributed by atoms with E-state index in [4.69, 9.17) is 9.73 Å². The molecule has 166 valence electrons. The minimum atomic E-state index is -0.728. The van der Waals surface area contributed by atoms with Gasteiger partial charge in [-0.3, -0.25) is 20.2 Å². The number of nitrogens with one attached hydrogen (secondary N) is 1. The van der Waals surface area contributed by atoms with E-state index >= 15 is 0 Å². The van der Waals surface area contributed by atoms with Crippen LogP contribution in [0.2, 0.25) is 0 Å². The van der Waals surface area contributed by atoms with Crippen molar-refractivity contribution in [1.29, 1.82) is 0 Å². The van der Waals surface area contributed by atoms with Crippen LogP contribution in [0.3, 0.4) is 0 Å². The van der Waals surface area contributed by atoms with Gasteiger partial charge in [0.2, 0.25) is 0 Å². The molecule has 1 N–H and O–H groups in total. The van der Waals surface area contributed by atoms with Crippen molar-refractivity contribution in [1.82, 2.24) is 15.2 Å². The second-order valence-electron chi connectivity index (χ2n) is 8.64. The van der Waals surface area contributed by atoms with Gasteiger partial charge >= 0.3 is 12.1 Å². The predicted octanol–water partition coefficient (Wildman–Crippen LogP) is 3.73. The zero-order valence-electron chi connectivity index (χ0n) is 17.9. The van der Waals surface area contributed by atoms with E-state index in [1.54, 1.807) is 22.2 Å². The fraction of sp³-hybridized carbons (Fsp3) is 0.417. The van der Waals surface area contributed by atoms with Crippen molar-refractivity contribution >= 4 is 23.6 Å². The summed E-state index contributed by atoms with van der Waals surface area (Å²) in [6, 6.07) is 13.3. The van der Waals surface area contributed by atoms with Crippen LogP contribution in [0, 0.1) is 0 Å². The SMILES string of the molecule is O=C(OCc1ccccc1)N1CCC2(C1)C(=NC1CCCC1)NC(=O)N2c1cccnc1. The van der Waals surface area contributed by atoms with Gasteiger partial charge in [-0.2, -0.15) is 0 Å². The number of ether oxygens (including phenoxy) is 1. The summed E-state index contributed by atoms with van der Waals surface area (Å²) in [4.78, 5) is 38.5. The molecule has 32 heavy (non-hydrogen) atoms. The Labute approximate surface area is 187 Å². The average Bonchev–Trinajstić information content (AvgIpc) is 3.55. The van der Waals surface area contributed by atoms with E-state index in [-0.39, 0.29) is 24.8 Å². The van der Waals surface area contributed by atoms with Crippen LogP contribution in [-0.4, -0.2) is 52.5 Å². The van der Waals surface area contributed by atoms with Crippen LogP contribution >= 0.6 is 0 Å². The lowest BCUT2D eigenvalue weighted by Crippen LogP contribution is -2.53. The van der Waals surface area contributed by atoms with E-state index in [1.807, 2.05) is 42.5 Å². The van der Waals surface area contributed by atoms with Gasteiger partial charge < -0.3 is 9.64 Å². The Kier molecular flexibility index (Phi) is 5.51. The molecule has 1 atom stereocenters. The summed E-state index contributed by atoms with van der Waals surface area (Å²) < 4.78 is 5.56. The number of carbonyl (C=O) groups is 2. The number of carbonyl (C=O) groups excluding carboxylic acids is 2. The molecule has 2 aromatic rings. The molecular formula is C24H27N5O3. The van der Waals surface area contributed by atoms with Crippen molar-refractivity contribution in [2.24, 2.45) is 4.99 Å². The van der Waals surface area contributed by atoms with Crippen LogP contribution < -0.4 is 10.2 Å². The Bertz CT molecular complexity index is 1010. The van der Waals surface area contributed by atoms with E-state index in [0.717, 1.165) is 31.2 Å². The number of likely N-dealkylation sites (tertiary alicyclic amines) is 1. The van der Waals surface area contributed by atoms with E-state index in [2.05, 4.69) is 10.3 Å². The molecule has 2 aliphatic heterocycles. The van der Waals surface area contributed by atoms with Crippen LogP contribution in [0.25, 0.3) is 0 Å². The van der Waals surface area contributed by atoms with Crippen LogP contribution in [-0.2, 0) is 11.3 Å². The lowest BCUT2D eigenvalue weighted by molar-refractivity contribution is 0.103. The summed E-state index contributed by atoms with van der Waals surface area (Å²) >= 11 is 0. The van der Waals surface area contributed by atoms with E-state index in [1.165, 1.54) is 0 Å². The first-order valence-corrected chi connectivity index (χ1v) is 11.2. The topological polar surface area (TPSA) is 87.1 Å². The maximum absolute atomic E-state index is 13.1. The molecule has 8 heteroatoms. The summed E-state index contributed by atoms with van der Waals surface area (Å²) in [5.74, 6) is 0.664. The fourth-order valence-corrected chi connectivity index (χ4v) is 4.93. The predicted molar refractivity (Wildman–Crippen MR) is 120 cm³/mol. The molecule has 2 saturated heterocycles. The molecule has 3 amide bonds. The van der Waals surface area contributed by atoms with Crippen LogP contribution in [0.4, 0.5) is 15.3 Å². The summed E-state index contributed by atoms with van der Waals surface area (Å²) in [7, 11) is 0. The second kappa shape index (κ2) is 8.61. The van der Waals surface area contributed by atoms with Crippen LogP contribution in [0.5, 0.6) is 0 Å². The standard InChI is InChI=1S/C24H27N5O3/c30-22-27-21(26-19-9-4-5-10-19)24(29(22)20-11-6-13-25-15-20)12-14-28(17-24)23(31)32-16-18-7-2-1-3-8-18/h1-3,6-8,11,13,15,19H,4-5,9-10,12,14,16-17H2,(H,26,27,30). The highest BCUT2D eigenvalue weighted by atomic mass is 16.6. The first kappa shape index (κ1) is 20.5. The number of benzene rings is 1. The number of urea groups is 1. The summed E-state index contributed by atoms with van der Waals surface area (Å²) in [5, 5.41) is 3.01. The number of amides is 3. The second-order valence-corrected chi connectivity index (χ2v) is 8.64. The van der Waals surface area contributed by atoms with Crippen molar-refractivity contribution in [3.63, 3.8) is 0 Å². The normalized spacial score (nSPS) is 24.5. The van der Waals surface area contributed by atoms with Crippen molar-refractivity contribution in [2.45, 2.75) is 50.3 Å². The zero-order chi connectivity index (χ0) is 22.0. The van der Waals surface area contributed by atoms with Gasteiger partial charge in [0.1, 0.15) is 18.0 Å². The van der Waals surface area contributed by atoms with Crippen molar-refractivity contribution < 1.29 is 14.3 Å². The minimum Gasteiger partial charge on any atom is -0.445 e. The highest BCUT2D eigenvalue weighted by Crippen LogP contribution is 2.38. The third kappa shape index (κ3) is 3.81. The zero-order valence-corrected chi connectivity index (χ0v) is 17.9. The third-order valence-corrected chi connectivity index (χ3v) is 6.55. The number of hydrogen-bond acceptors (Lipinski definition) is 5. The van der Waals surface area contributed by atoms with Gasteiger partial charge in [0.05, 0.1) is 24.5 Å². The number of rotatable bonds is 4. The Morgan fingerprint density at radius 2 is 2.00 bits per heavy atom. The molecule has 1 aromatic heterocycles. The number of aliphatic imine (C=N–C) groups is 1. The van der Waals surface area contributed by atoms with Gasteiger partial charge in [-0.15, -0.1) is 0 Å².